The molecule has 0 aliphatic carbocycles. The van der Waals surface area contributed by atoms with Gasteiger partial charge in [0.05, 0.1) is 17.6 Å². The molecule has 1 N–H and O–H groups in total. The average Bonchev–Trinajstić information content (AvgIpc) is 2.54. The van der Waals surface area contributed by atoms with Gasteiger partial charge in [0.15, 0.2) is 0 Å². The lowest BCUT2D eigenvalue weighted by Crippen LogP contribution is -2.46. The number of pyridine rings is 1. The molecule has 1 unspecified atom stereocenters. The van der Waals surface area contributed by atoms with E-state index in [0.717, 1.165) is 31.7 Å². The zero-order valence-corrected chi connectivity index (χ0v) is 13.8. The smallest absolute Gasteiger partial charge is 0.0574 e. The van der Waals surface area contributed by atoms with Crippen molar-refractivity contribution in [2.75, 3.05) is 44.2 Å². The van der Waals surface area contributed by atoms with Crippen LogP contribution in [0.5, 0.6) is 0 Å². The number of nitrogens with one attached hydrogen (secondary N) is 1. The molecule has 1 aliphatic rings. The van der Waals surface area contributed by atoms with Crippen molar-refractivity contribution >= 4 is 5.69 Å². The lowest BCUT2D eigenvalue weighted by molar-refractivity contribution is 0.258. The molecule has 21 heavy (non-hydrogen) atoms. The minimum Gasteiger partial charge on any atom is -0.368 e. The highest BCUT2D eigenvalue weighted by molar-refractivity contribution is 5.45. The van der Waals surface area contributed by atoms with Crippen molar-refractivity contribution in [1.29, 1.82) is 0 Å². The number of rotatable bonds is 7. The summed E-state index contributed by atoms with van der Waals surface area (Å²) in [6, 6.07) is 4.80. The standard InChI is InChI=1S/C17H30N4/c1-4-9-20-10-12-21(13-11-20)15-7-8-17(19-14-15)16(5-2)18-6-3/h7-8,14,16,18H,4-6,9-13H2,1-3H3. The van der Waals surface area contributed by atoms with Crippen molar-refractivity contribution in [3.63, 3.8) is 0 Å². The summed E-state index contributed by atoms with van der Waals surface area (Å²) in [6.45, 7) is 13.4. The van der Waals surface area contributed by atoms with Crippen molar-refractivity contribution in [2.24, 2.45) is 0 Å². The molecule has 2 rings (SSSR count). The molecule has 4 nitrogen and oxygen atoms in total. The zero-order chi connectivity index (χ0) is 15.1. The highest BCUT2D eigenvalue weighted by atomic mass is 15.3. The molecule has 0 aromatic carbocycles. The van der Waals surface area contributed by atoms with Gasteiger partial charge in [0.1, 0.15) is 0 Å². The number of hydrogen-bond donors (Lipinski definition) is 1. The first-order chi connectivity index (χ1) is 10.3. The monoisotopic (exact) mass is 290 g/mol. The minimum absolute atomic E-state index is 0.380. The fourth-order valence-corrected chi connectivity index (χ4v) is 3.04. The second kappa shape index (κ2) is 8.35. The van der Waals surface area contributed by atoms with Gasteiger partial charge in [-0.1, -0.05) is 20.8 Å². The first-order valence-electron chi connectivity index (χ1n) is 8.45. The summed E-state index contributed by atoms with van der Waals surface area (Å²) < 4.78 is 0. The molecule has 0 spiro atoms. The van der Waals surface area contributed by atoms with Gasteiger partial charge in [-0.3, -0.25) is 9.88 Å². The highest BCUT2D eigenvalue weighted by Gasteiger charge is 2.17. The number of piperazine rings is 1. The third-order valence-corrected chi connectivity index (χ3v) is 4.26. The summed E-state index contributed by atoms with van der Waals surface area (Å²) in [5.74, 6) is 0. The Bertz CT molecular complexity index is 396. The minimum atomic E-state index is 0.380. The Morgan fingerprint density at radius 2 is 1.90 bits per heavy atom. The Kier molecular flexibility index (Phi) is 6.46. The molecule has 0 saturated carbocycles. The Labute approximate surface area is 129 Å². The first kappa shape index (κ1) is 16.2. The van der Waals surface area contributed by atoms with Crippen LogP contribution in [-0.4, -0.2) is 49.2 Å². The molecule has 0 radical (unpaired) electrons. The molecule has 1 aliphatic heterocycles. The summed E-state index contributed by atoms with van der Waals surface area (Å²) in [5.41, 5.74) is 2.42. The Morgan fingerprint density at radius 1 is 1.14 bits per heavy atom. The van der Waals surface area contributed by atoms with Crippen molar-refractivity contribution in [3.05, 3.63) is 24.0 Å². The molecule has 0 amide bonds. The molecular formula is C17H30N4. The van der Waals surface area contributed by atoms with Gasteiger partial charge >= 0.3 is 0 Å². The summed E-state index contributed by atoms with van der Waals surface area (Å²) in [5, 5.41) is 3.48. The van der Waals surface area contributed by atoms with E-state index < -0.39 is 0 Å². The zero-order valence-electron chi connectivity index (χ0n) is 13.8. The molecule has 1 atom stereocenters. The first-order valence-corrected chi connectivity index (χ1v) is 8.45. The Hall–Kier alpha value is -1.13. The molecule has 2 heterocycles. The maximum absolute atomic E-state index is 4.68. The Morgan fingerprint density at radius 3 is 2.43 bits per heavy atom. The highest BCUT2D eigenvalue weighted by Crippen LogP contribution is 2.19. The predicted molar refractivity (Wildman–Crippen MR) is 89.9 cm³/mol. The quantitative estimate of drug-likeness (QED) is 0.836. The summed E-state index contributed by atoms with van der Waals surface area (Å²) in [4.78, 5) is 9.69. The van der Waals surface area contributed by atoms with Gasteiger partial charge in [-0.15, -0.1) is 0 Å². The fourth-order valence-electron chi connectivity index (χ4n) is 3.04. The van der Waals surface area contributed by atoms with E-state index in [2.05, 4.69) is 53.0 Å². The van der Waals surface area contributed by atoms with Gasteiger partial charge in [-0.2, -0.15) is 0 Å². The van der Waals surface area contributed by atoms with Crippen LogP contribution in [0.4, 0.5) is 5.69 Å². The maximum atomic E-state index is 4.68. The average molecular weight is 290 g/mol. The lowest BCUT2D eigenvalue weighted by Gasteiger charge is -2.35. The Balaban J connectivity index is 1.93. The van der Waals surface area contributed by atoms with Gasteiger partial charge in [0.2, 0.25) is 0 Å². The molecule has 1 aromatic heterocycles. The largest absolute Gasteiger partial charge is 0.368 e. The SMILES string of the molecule is CCCN1CCN(c2ccc(C(CC)NCC)nc2)CC1. The topological polar surface area (TPSA) is 31.4 Å². The number of hydrogen-bond acceptors (Lipinski definition) is 4. The molecule has 1 aromatic rings. The van der Waals surface area contributed by atoms with E-state index in [0.29, 0.717) is 6.04 Å². The maximum Gasteiger partial charge on any atom is 0.0574 e. The third-order valence-electron chi connectivity index (χ3n) is 4.26. The molecule has 4 heteroatoms. The molecule has 1 fully saturated rings. The van der Waals surface area contributed by atoms with Crippen molar-refractivity contribution < 1.29 is 0 Å². The van der Waals surface area contributed by atoms with Gasteiger partial charge in [-0.05, 0) is 38.1 Å². The summed E-state index contributed by atoms with van der Waals surface area (Å²) >= 11 is 0. The van der Waals surface area contributed by atoms with Crippen LogP contribution in [0.1, 0.15) is 45.3 Å². The van der Waals surface area contributed by atoms with E-state index in [1.807, 2.05) is 6.20 Å². The fraction of sp³-hybridized carbons (Fsp3) is 0.706. The van der Waals surface area contributed by atoms with Gasteiger partial charge in [0, 0.05) is 32.2 Å². The lowest BCUT2D eigenvalue weighted by atomic mass is 10.1. The van der Waals surface area contributed by atoms with Crippen LogP contribution in [0, 0.1) is 0 Å². The summed E-state index contributed by atoms with van der Waals surface area (Å²) in [6.07, 6.45) is 4.37. The van der Waals surface area contributed by atoms with E-state index in [1.54, 1.807) is 0 Å². The van der Waals surface area contributed by atoms with Crippen LogP contribution < -0.4 is 10.2 Å². The third kappa shape index (κ3) is 4.42. The van der Waals surface area contributed by atoms with E-state index in [9.17, 15) is 0 Å². The molecular weight excluding hydrogens is 260 g/mol. The molecule has 1 saturated heterocycles. The normalized spacial score (nSPS) is 18.0. The van der Waals surface area contributed by atoms with Gasteiger partial charge < -0.3 is 10.2 Å². The van der Waals surface area contributed by atoms with Crippen LogP contribution in [0.25, 0.3) is 0 Å². The number of anilines is 1. The molecule has 118 valence electrons. The summed E-state index contributed by atoms with van der Waals surface area (Å²) in [7, 11) is 0. The number of nitrogens with zero attached hydrogens (tertiary/aromatic N) is 3. The second-order valence-electron chi connectivity index (χ2n) is 5.79. The van der Waals surface area contributed by atoms with E-state index in [1.165, 1.54) is 31.7 Å². The second-order valence-corrected chi connectivity index (χ2v) is 5.79. The van der Waals surface area contributed by atoms with Crippen LogP contribution >= 0.6 is 0 Å². The predicted octanol–water partition coefficient (Wildman–Crippen LogP) is 2.67. The number of aromatic nitrogens is 1. The van der Waals surface area contributed by atoms with Crippen LogP contribution in [0.3, 0.4) is 0 Å². The van der Waals surface area contributed by atoms with Crippen LogP contribution in [0.2, 0.25) is 0 Å². The van der Waals surface area contributed by atoms with Crippen molar-refractivity contribution in [2.45, 2.75) is 39.7 Å². The van der Waals surface area contributed by atoms with E-state index in [4.69, 9.17) is 0 Å². The van der Waals surface area contributed by atoms with E-state index >= 15 is 0 Å². The van der Waals surface area contributed by atoms with Crippen molar-refractivity contribution in [1.82, 2.24) is 15.2 Å². The van der Waals surface area contributed by atoms with Crippen LogP contribution in [-0.2, 0) is 0 Å². The van der Waals surface area contributed by atoms with Gasteiger partial charge in [-0.25, -0.2) is 0 Å². The van der Waals surface area contributed by atoms with Crippen molar-refractivity contribution in [3.8, 4) is 0 Å². The molecule has 0 bridgehead atoms. The van der Waals surface area contributed by atoms with Gasteiger partial charge in [0.25, 0.3) is 0 Å². The van der Waals surface area contributed by atoms with E-state index in [-0.39, 0.29) is 0 Å². The van der Waals surface area contributed by atoms with Crippen LogP contribution in [0.15, 0.2) is 18.3 Å².